The number of rotatable bonds is 3. The van der Waals surface area contributed by atoms with Crippen molar-refractivity contribution in [2.24, 2.45) is 10.1 Å². The number of halogens is 1. The van der Waals surface area contributed by atoms with Crippen molar-refractivity contribution in [3.63, 3.8) is 0 Å². The molecule has 0 saturated heterocycles. The highest BCUT2D eigenvalue weighted by atomic mass is 35.5. The van der Waals surface area contributed by atoms with Crippen LogP contribution in [0.2, 0.25) is 5.02 Å². The molecule has 0 saturated carbocycles. The van der Waals surface area contributed by atoms with Gasteiger partial charge in [0.2, 0.25) is 0 Å². The molecule has 1 amide bonds. The van der Waals surface area contributed by atoms with Gasteiger partial charge in [-0.15, -0.1) is 5.10 Å². The molecular formula is C22H16ClN5OS. The highest BCUT2D eigenvalue weighted by Crippen LogP contribution is 2.30. The van der Waals surface area contributed by atoms with E-state index in [1.165, 1.54) is 11.8 Å². The monoisotopic (exact) mass is 433 g/mol. The summed E-state index contributed by atoms with van der Waals surface area (Å²) in [4.78, 5) is 22.3. The van der Waals surface area contributed by atoms with Crippen LogP contribution < -0.4 is 15.9 Å². The Labute approximate surface area is 182 Å². The van der Waals surface area contributed by atoms with Gasteiger partial charge >= 0.3 is 0 Å². The fraction of sp³-hybridized carbons (Fsp3) is 0.0909. The summed E-state index contributed by atoms with van der Waals surface area (Å²) in [6.07, 6.45) is 1.21. The number of hydrogen-bond donors (Lipinski definition) is 1. The molecule has 5 rings (SSSR count). The first-order valence-corrected chi connectivity index (χ1v) is 10.7. The van der Waals surface area contributed by atoms with Crippen molar-refractivity contribution in [2.45, 2.75) is 11.9 Å². The molecule has 0 bridgehead atoms. The van der Waals surface area contributed by atoms with Gasteiger partial charge in [-0.3, -0.25) is 20.1 Å². The van der Waals surface area contributed by atoms with Gasteiger partial charge < -0.3 is 0 Å². The molecule has 0 fully saturated rings. The van der Waals surface area contributed by atoms with Gasteiger partial charge in [0, 0.05) is 22.2 Å². The first-order valence-electron chi connectivity index (χ1n) is 9.33. The maximum atomic E-state index is 13.1. The summed E-state index contributed by atoms with van der Waals surface area (Å²) in [5, 5.41) is 12.0. The van der Waals surface area contributed by atoms with E-state index in [1.807, 2.05) is 66.7 Å². The summed E-state index contributed by atoms with van der Waals surface area (Å²) >= 11 is 7.41. The number of para-hydroxylation sites is 1. The summed E-state index contributed by atoms with van der Waals surface area (Å²) in [6.45, 7) is 0. The maximum Gasteiger partial charge on any atom is 0.276 e. The number of amides is 1. The maximum absolute atomic E-state index is 13.1. The summed E-state index contributed by atoms with van der Waals surface area (Å²) < 4.78 is 0. The number of hydrazone groups is 1. The predicted octanol–water partition coefficient (Wildman–Crippen LogP) is 2.81. The SMILES string of the molecule is O=C1NC(SCc2ccc(Cl)cc2)=NN2C1=c1ccccc1=N[C@H]2c1ccccn1. The van der Waals surface area contributed by atoms with Gasteiger partial charge in [-0.1, -0.05) is 59.8 Å². The molecule has 2 aliphatic heterocycles. The first kappa shape index (κ1) is 18.8. The Kier molecular flexibility index (Phi) is 4.98. The number of carbonyl (C=O) groups excluding carboxylic acids is 1. The molecule has 6 nitrogen and oxygen atoms in total. The molecule has 0 unspecified atom stereocenters. The zero-order valence-electron chi connectivity index (χ0n) is 15.7. The van der Waals surface area contributed by atoms with Crippen molar-refractivity contribution in [1.29, 1.82) is 0 Å². The summed E-state index contributed by atoms with van der Waals surface area (Å²) in [7, 11) is 0. The van der Waals surface area contributed by atoms with E-state index in [1.54, 1.807) is 11.2 Å². The molecule has 30 heavy (non-hydrogen) atoms. The molecule has 3 aromatic rings. The van der Waals surface area contributed by atoms with E-state index >= 15 is 0 Å². The molecule has 1 aromatic heterocycles. The van der Waals surface area contributed by atoms with Gasteiger partial charge in [-0.05, 0) is 35.9 Å². The minimum absolute atomic E-state index is 0.202. The lowest BCUT2D eigenvalue weighted by atomic mass is 10.1. The second-order valence-electron chi connectivity index (χ2n) is 6.74. The Bertz CT molecular complexity index is 1260. The van der Waals surface area contributed by atoms with Crippen molar-refractivity contribution < 1.29 is 4.79 Å². The van der Waals surface area contributed by atoms with Crippen LogP contribution in [-0.4, -0.2) is 21.1 Å². The molecule has 1 atom stereocenters. The van der Waals surface area contributed by atoms with Gasteiger partial charge in [-0.2, -0.15) is 0 Å². The number of benzene rings is 2. The van der Waals surface area contributed by atoms with E-state index in [0.29, 0.717) is 21.6 Å². The van der Waals surface area contributed by atoms with E-state index in [9.17, 15) is 4.79 Å². The fourth-order valence-corrected chi connectivity index (χ4v) is 4.28. The molecule has 0 spiro atoms. The van der Waals surface area contributed by atoms with Gasteiger partial charge in [0.25, 0.3) is 5.91 Å². The zero-order chi connectivity index (χ0) is 20.5. The predicted molar refractivity (Wildman–Crippen MR) is 118 cm³/mol. The molecule has 3 heterocycles. The third-order valence-corrected chi connectivity index (χ3v) is 5.94. The molecular weight excluding hydrogens is 418 g/mol. The number of nitrogens with zero attached hydrogens (tertiary/aromatic N) is 4. The Morgan fingerprint density at radius 1 is 1.03 bits per heavy atom. The second-order valence-corrected chi connectivity index (χ2v) is 8.14. The van der Waals surface area contributed by atoms with Crippen LogP contribution in [0.25, 0.3) is 5.70 Å². The van der Waals surface area contributed by atoms with Crippen LogP contribution in [0.4, 0.5) is 0 Å². The van der Waals surface area contributed by atoms with E-state index in [-0.39, 0.29) is 5.91 Å². The normalized spacial score (nSPS) is 17.4. The number of thioether (sulfide) groups is 1. The number of aromatic nitrogens is 1. The molecule has 0 radical (unpaired) electrons. The van der Waals surface area contributed by atoms with Crippen molar-refractivity contribution in [2.75, 3.05) is 0 Å². The average Bonchev–Trinajstić information content (AvgIpc) is 2.78. The highest BCUT2D eigenvalue weighted by Gasteiger charge is 2.34. The summed E-state index contributed by atoms with van der Waals surface area (Å²) in [6, 6.07) is 20.9. The highest BCUT2D eigenvalue weighted by molar-refractivity contribution is 8.13. The van der Waals surface area contributed by atoms with Crippen LogP contribution >= 0.6 is 23.4 Å². The Morgan fingerprint density at radius 2 is 1.83 bits per heavy atom. The van der Waals surface area contributed by atoms with E-state index < -0.39 is 6.17 Å². The van der Waals surface area contributed by atoms with Gasteiger partial charge in [-0.25, -0.2) is 5.01 Å². The standard InChI is InChI=1S/C22H16ClN5OS/c23-15-10-8-14(9-11-15)13-30-22-26-21(29)19-16-5-1-2-6-17(16)25-20(28(19)27-22)18-7-3-4-12-24-18/h1-12,20H,13H2,(H,26,27,29)/t20-/m1/s1. The van der Waals surface area contributed by atoms with Crippen molar-refractivity contribution in [1.82, 2.24) is 15.3 Å². The fourth-order valence-electron chi connectivity index (χ4n) is 3.35. The molecule has 1 N–H and O–H groups in total. The van der Waals surface area contributed by atoms with Crippen molar-refractivity contribution >= 4 is 40.1 Å². The topological polar surface area (TPSA) is 70.0 Å². The second kappa shape index (κ2) is 7.93. The number of pyridine rings is 1. The smallest absolute Gasteiger partial charge is 0.276 e. The van der Waals surface area contributed by atoms with Crippen LogP contribution in [-0.2, 0) is 10.5 Å². The molecule has 0 aliphatic carbocycles. The third-order valence-electron chi connectivity index (χ3n) is 4.76. The Balaban J connectivity index is 1.54. The summed E-state index contributed by atoms with van der Waals surface area (Å²) in [5.41, 5.74) is 2.29. The summed E-state index contributed by atoms with van der Waals surface area (Å²) in [5.74, 6) is 0.452. The van der Waals surface area contributed by atoms with E-state index in [4.69, 9.17) is 21.7 Å². The van der Waals surface area contributed by atoms with Gasteiger partial charge in [0.15, 0.2) is 11.3 Å². The van der Waals surface area contributed by atoms with Crippen LogP contribution in [0.5, 0.6) is 0 Å². The first-order chi connectivity index (χ1) is 14.7. The number of fused-ring (bicyclic) bond motifs is 2. The third kappa shape index (κ3) is 3.58. The molecule has 2 aliphatic rings. The van der Waals surface area contributed by atoms with Crippen LogP contribution in [0.3, 0.4) is 0 Å². The van der Waals surface area contributed by atoms with Crippen molar-refractivity contribution in [3.05, 3.63) is 99.8 Å². The van der Waals surface area contributed by atoms with Gasteiger partial charge in [0.05, 0.1) is 11.1 Å². The van der Waals surface area contributed by atoms with E-state index in [2.05, 4.69) is 10.3 Å². The number of amidine groups is 1. The molecule has 148 valence electrons. The number of carbonyl (C=O) groups is 1. The van der Waals surface area contributed by atoms with Gasteiger partial charge in [0.1, 0.15) is 5.70 Å². The lowest BCUT2D eigenvalue weighted by Crippen LogP contribution is -2.50. The van der Waals surface area contributed by atoms with Crippen LogP contribution in [0, 0.1) is 0 Å². The lowest BCUT2D eigenvalue weighted by molar-refractivity contribution is -0.116. The van der Waals surface area contributed by atoms with Crippen LogP contribution in [0.15, 0.2) is 83.0 Å². The lowest BCUT2D eigenvalue weighted by Gasteiger charge is -2.33. The Hall–Kier alpha value is -3.16. The minimum Gasteiger partial charge on any atom is -0.298 e. The molecule has 2 aromatic carbocycles. The average molecular weight is 434 g/mol. The number of nitrogens with one attached hydrogen (secondary N) is 1. The van der Waals surface area contributed by atoms with Crippen molar-refractivity contribution in [3.8, 4) is 0 Å². The number of hydrogen-bond acceptors (Lipinski definition) is 6. The quantitative estimate of drug-likeness (QED) is 0.689. The largest absolute Gasteiger partial charge is 0.298 e. The zero-order valence-corrected chi connectivity index (χ0v) is 17.3. The minimum atomic E-state index is -0.506. The van der Waals surface area contributed by atoms with Crippen LogP contribution in [0.1, 0.15) is 17.4 Å². The Morgan fingerprint density at radius 3 is 2.63 bits per heavy atom. The van der Waals surface area contributed by atoms with E-state index in [0.717, 1.165) is 21.8 Å². The molecule has 8 heteroatoms.